The normalized spacial score (nSPS) is 20.4. The maximum Gasteiger partial charge on any atom is 0.320 e. The van der Waals surface area contributed by atoms with Crippen LogP contribution in [0.25, 0.3) is 10.2 Å². The van der Waals surface area contributed by atoms with Gasteiger partial charge >= 0.3 is 6.03 Å². The number of piperidine rings is 1. The van der Waals surface area contributed by atoms with Gasteiger partial charge in [-0.15, -0.1) is 11.3 Å². The molecule has 0 N–H and O–H groups in total. The summed E-state index contributed by atoms with van der Waals surface area (Å²) in [5.41, 5.74) is 0. The first-order chi connectivity index (χ1) is 10.7. The average molecular weight is 317 g/mol. The second kappa shape index (κ2) is 5.39. The molecular formula is C15H19N5OS. The maximum atomic E-state index is 12.1. The summed E-state index contributed by atoms with van der Waals surface area (Å²) >= 11 is 1.65. The molecule has 2 fully saturated rings. The number of hydrogen-bond donors (Lipinski definition) is 0. The van der Waals surface area contributed by atoms with Crippen LogP contribution in [0.4, 0.5) is 10.6 Å². The van der Waals surface area contributed by atoms with Crippen molar-refractivity contribution in [2.75, 3.05) is 38.1 Å². The van der Waals surface area contributed by atoms with Crippen molar-refractivity contribution in [1.29, 1.82) is 0 Å². The van der Waals surface area contributed by atoms with Gasteiger partial charge in [-0.1, -0.05) is 0 Å². The number of fused-ring (bicyclic) bond motifs is 1. The Kier molecular flexibility index (Phi) is 3.37. The van der Waals surface area contributed by atoms with Crippen molar-refractivity contribution in [3.05, 3.63) is 17.8 Å². The highest BCUT2D eigenvalue weighted by atomic mass is 32.1. The predicted octanol–water partition coefficient (Wildman–Crippen LogP) is 2.03. The quantitative estimate of drug-likeness (QED) is 0.850. The maximum absolute atomic E-state index is 12.1. The second-order valence-corrected chi connectivity index (χ2v) is 6.85. The molecule has 2 amide bonds. The Morgan fingerprint density at radius 3 is 2.73 bits per heavy atom. The fourth-order valence-electron chi connectivity index (χ4n) is 3.43. The minimum absolute atomic E-state index is 0.181. The highest BCUT2D eigenvalue weighted by Crippen LogP contribution is 2.30. The molecular weight excluding hydrogens is 298 g/mol. The molecule has 22 heavy (non-hydrogen) atoms. The molecule has 0 saturated carbocycles. The first-order valence-corrected chi connectivity index (χ1v) is 8.57. The molecule has 7 heteroatoms. The minimum Gasteiger partial charge on any atom is -0.356 e. The van der Waals surface area contributed by atoms with Gasteiger partial charge in [0, 0.05) is 39.3 Å². The number of carbonyl (C=O) groups excluding carboxylic acids is 1. The molecule has 2 aliphatic heterocycles. The number of anilines is 1. The first kappa shape index (κ1) is 13.8. The standard InChI is InChI=1S/C15H19N5OS/c1-18-7-8-20(15(18)21)11-2-5-19(6-3-11)13-12-4-9-22-14(12)17-10-16-13/h4,9-11H,2-3,5-8H2,1H3. The minimum atomic E-state index is 0.181. The van der Waals surface area contributed by atoms with Crippen LogP contribution >= 0.6 is 11.3 Å². The third kappa shape index (κ3) is 2.20. The monoisotopic (exact) mass is 317 g/mol. The van der Waals surface area contributed by atoms with E-state index in [0.717, 1.165) is 55.1 Å². The number of thiophene rings is 1. The molecule has 0 bridgehead atoms. The molecule has 4 rings (SSSR count). The van der Waals surface area contributed by atoms with E-state index >= 15 is 0 Å². The predicted molar refractivity (Wildman–Crippen MR) is 87.4 cm³/mol. The number of nitrogens with zero attached hydrogens (tertiary/aromatic N) is 5. The Morgan fingerprint density at radius 2 is 2.00 bits per heavy atom. The van der Waals surface area contributed by atoms with Gasteiger partial charge < -0.3 is 14.7 Å². The second-order valence-electron chi connectivity index (χ2n) is 5.95. The number of carbonyl (C=O) groups is 1. The summed E-state index contributed by atoms with van der Waals surface area (Å²) in [4.78, 5) is 28.1. The zero-order valence-electron chi connectivity index (χ0n) is 12.6. The molecule has 0 spiro atoms. The van der Waals surface area contributed by atoms with Crippen LogP contribution in [-0.4, -0.2) is 65.1 Å². The fourth-order valence-corrected chi connectivity index (χ4v) is 4.15. The van der Waals surface area contributed by atoms with Crippen LogP contribution in [0, 0.1) is 0 Å². The zero-order valence-corrected chi connectivity index (χ0v) is 13.4. The van der Waals surface area contributed by atoms with E-state index in [-0.39, 0.29) is 6.03 Å². The van der Waals surface area contributed by atoms with Crippen molar-refractivity contribution < 1.29 is 4.79 Å². The number of urea groups is 1. The van der Waals surface area contributed by atoms with Gasteiger partial charge in [-0.25, -0.2) is 14.8 Å². The number of aromatic nitrogens is 2. The Hall–Kier alpha value is -1.89. The Morgan fingerprint density at radius 1 is 1.18 bits per heavy atom. The van der Waals surface area contributed by atoms with Crippen LogP contribution in [0.15, 0.2) is 17.8 Å². The first-order valence-electron chi connectivity index (χ1n) is 7.69. The van der Waals surface area contributed by atoms with Crippen LogP contribution in [0.3, 0.4) is 0 Å². The summed E-state index contributed by atoms with van der Waals surface area (Å²) in [6, 6.07) is 2.65. The van der Waals surface area contributed by atoms with Crippen molar-refractivity contribution in [2.24, 2.45) is 0 Å². The molecule has 0 radical (unpaired) electrons. The lowest BCUT2D eigenvalue weighted by atomic mass is 10.0. The van der Waals surface area contributed by atoms with Gasteiger partial charge in [0.05, 0.1) is 5.39 Å². The average Bonchev–Trinajstić information content (AvgIpc) is 3.15. The SMILES string of the molecule is CN1CCN(C2CCN(c3ncnc4sccc34)CC2)C1=O. The summed E-state index contributed by atoms with van der Waals surface area (Å²) in [7, 11) is 1.88. The molecule has 6 nitrogen and oxygen atoms in total. The number of hydrogen-bond acceptors (Lipinski definition) is 5. The van der Waals surface area contributed by atoms with Crippen LogP contribution in [-0.2, 0) is 0 Å². The van der Waals surface area contributed by atoms with Gasteiger partial charge in [0.1, 0.15) is 17.0 Å². The van der Waals surface area contributed by atoms with Gasteiger partial charge in [0.15, 0.2) is 0 Å². The summed E-state index contributed by atoms with van der Waals surface area (Å²) in [6.07, 6.45) is 3.67. The summed E-state index contributed by atoms with van der Waals surface area (Å²) in [5, 5.41) is 3.21. The molecule has 2 aromatic heterocycles. The van der Waals surface area contributed by atoms with Crippen molar-refractivity contribution >= 4 is 33.4 Å². The van der Waals surface area contributed by atoms with Crippen molar-refractivity contribution in [3.63, 3.8) is 0 Å². The van der Waals surface area contributed by atoms with Crippen molar-refractivity contribution in [1.82, 2.24) is 19.8 Å². The van der Waals surface area contributed by atoms with E-state index in [0.29, 0.717) is 6.04 Å². The van der Waals surface area contributed by atoms with Crippen LogP contribution in [0.2, 0.25) is 0 Å². The van der Waals surface area contributed by atoms with Gasteiger partial charge in [0.2, 0.25) is 0 Å². The van der Waals surface area contributed by atoms with Crippen LogP contribution in [0.1, 0.15) is 12.8 Å². The third-order valence-corrected chi connectivity index (χ3v) is 5.51. The fraction of sp³-hybridized carbons (Fsp3) is 0.533. The molecule has 0 aromatic carbocycles. The molecule has 2 aromatic rings. The molecule has 4 heterocycles. The summed E-state index contributed by atoms with van der Waals surface area (Å²) in [5.74, 6) is 1.04. The summed E-state index contributed by atoms with van der Waals surface area (Å²) in [6.45, 7) is 3.60. The Labute approximate surface area is 133 Å². The van der Waals surface area contributed by atoms with Crippen LogP contribution in [0.5, 0.6) is 0 Å². The van der Waals surface area contributed by atoms with E-state index in [2.05, 4.69) is 26.3 Å². The summed E-state index contributed by atoms with van der Waals surface area (Å²) < 4.78 is 0. The molecule has 0 unspecified atom stereocenters. The van der Waals surface area contributed by atoms with Gasteiger partial charge in [-0.2, -0.15) is 0 Å². The number of likely N-dealkylation sites (N-methyl/N-ethyl adjacent to an activating group) is 1. The molecule has 2 saturated heterocycles. The zero-order chi connectivity index (χ0) is 15.1. The van der Waals surface area contributed by atoms with E-state index in [1.807, 2.05) is 16.8 Å². The van der Waals surface area contributed by atoms with E-state index in [1.165, 1.54) is 0 Å². The van der Waals surface area contributed by atoms with Crippen LogP contribution < -0.4 is 4.90 Å². The van der Waals surface area contributed by atoms with E-state index in [4.69, 9.17) is 0 Å². The lowest BCUT2D eigenvalue weighted by Crippen LogP contribution is -2.46. The number of rotatable bonds is 2. The van der Waals surface area contributed by atoms with E-state index in [1.54, 1.807) is 17.7 Å². The topological polar surface area (TPSA) is 52.6 Å². The number of amides is 2. The third-order valence-electron chi connectivity index (χ3n) is 4.69. The van der Waals surface area contributed by atoms with E-state index in [9.17, 15) is 4.79 Å². The largest absolute Gasteiger partial charge is 0.356 e. The smallest absolute Gasteiger partial charge is 0.320 e. The van der Waals surface area contributed by atoms with Gasteiger partial charge in [-0.3, -0.25) is 0 Å². The lowest BCUT2D eigenvalue weighted by molar-refractivity contribution is 0.173. The van der Waals surface area contributed by atoms with Gasteiger partial charge in [0.25, 0.3) is 0 Å². The van der Waals surface area contributed by atoms with Gasteiger partial charge in [-0.05, 0) is 24.3 Å². The Bertz CT molecular complexity index is 694. The van der Waals surface area contributed by atoms with Crippen molar-refractivity contribution in [2.45, 2.75) is 18.9 Å². The van der Waals surface area contributed by atoms with Crippen molar-refractivity contribution in [3.8, 4) is 0 Å². The molecule has 2 aliphatic rings. The molecule has 0 atom stereocenters. The lowest BCUT2D eigenvalue weighted by Gasteiger charge is -2.37. The highest BCUT2D eigenvalue weighted by molar-refractivity contribution is 7.16. The molecule has 116 valence electrons. The van der Waals surface area contributed by atoms with E-state index < -0.39 is 0 Å². The molecule has 0 aliphatic carbocycles. The highest BCUT2D eigenvalue weighted by Gasteiger charge is 2.34. The Balaban J connectivity index is 1.48.